The zero-order valence-electron chi connectivity index (χ0n) is 15.5. The van der Waals surface area contributed by atoms with Crippen molar-refractivity contribution in [2.75, 3.05) is 20.6 Å². The van der Waals surface area contributed by atoms with Crippen LogP contribution in [0.5, 0.6) is 5.88 Å². The standard InChI is InChI=1S/C20H20ClN5O/c1-13(12-26(2)3)27-20-19(9-22)24-10-16(25-20)8-15-7-14-5-4-6-18(21)17(14)11-23-15/h4-7,10-11,13H,8,12H2,1-3H3. The summed E-state index contributed by atoms with van der Waals surface area (Å²) in [6.45, 7) is 2.65. The van der Waals surface area contributed by atoms with Crippen LogP contribution in [0.4, 0.5) is 0 Å². The van der Waals surface area contributed by atoms with E-state index in [9.17, 15) is 5.26 Å². The first-order valence-electron chi connectivity index (χ1n) is 8.57. The number of nitrogens with zero attached hydrogens (tertiary/aromatic N) is 5. The molecule has 0 saturated heterocycles. The van der Waals surface area contributed by atoms with Gasteiger partial charge in [0.05, 0.1) is 11.9 Å². The number of hydrogen-bond acceptors (Lipinski definition) is 6. The van der Waals surface area contributed by atoms with E-state index < -0.39 is 0 Å². The molecule has 2 aromatic heterocycles. The number of aromatic nitrogens is 3. The monoisotopic (exact) mass is 381 g/mol. The Balaban J connectivity index is 1.85. The van der Waals surface area contributed by atoms with Gasteiger partial charge in [-0.2, -0.15) is 5.26 Å². The topological polar surface area (TPSA) is 74.9 Å². The van der Waals surface area contributed by atoms with Crippen molar-refractivity contribution in [3.05, 3.63) is 58.8 Å². The molecule has 1 unspecified atom stereocenters. The summed E-state index contributed by atoms with van der Waals surface area (Å²) in [5.41, 5.74) is 1.72. The van der Waals surface area contributed by atoms with Gasteiger partial charge in [-0.15, -0.1) is 0 Å². The van der Waals surface area contributed by atoms with Gasteiger partial charge < -0.3 is 9.64 Å². The van der Waals surface area contributed by atoms with Crippen LogP contribution in [0.1, 0.15) is 24.0 Å². The van der Waals surface area contributed by atoms with Crippen LogP contribution in [-0.2, 0) is 6.42 Å². The lowest BCUT2D eigenvalue weighted by Gasteiger charge is -2.18. The van der Waals surface area contributed by atoms with E-state index in [1.54, 1.807) is 12.4 Å². The number of halogens is 1. The fourth-order valence-corrected chi connectivity index (χ4v) is 3.09. The predicted molar refractivity (Wildman–Crippen MR) is 105 cm³/mol. The number of pyridine rings is 1. The average molecular weight is 382 g/mol. The highest BCUT2D eigenvalue weighted by Gasteiger charge is 2.14. The third-order valence-corrected chi connectivity index (χ3v) is 4.29. The molecule has 138 valence electrons. The second-order valence-electron chi connectivity index (χ2n) is 6.63. The number of rotatable bonds is 6. The first-order chi connectivity index (χ1) is 13.0. The molecular weight excluding hydrogens is 362 g/mol. The quantitative estimate of drug-likeness (QED) is 0.650. The van der Waals surface area contributed by atoms with E-state index in [2.05, 4.69) is 15.0 Å². The molecule has 7 heteroatoms. The third kappa shape index (κ3) is 4.70. The Morgan fingerprint density at radius 3 is 2.78 bits per heavy atom. The van der Waals surface area contributed by atoms with Gasteiger partial charge in [0.1, 0.15) is 12.2 Å². The number of likely N-dealkylation sites (N-methyl/N-ethyl adjacent to an activating group) is 1. The molecule has 3 aromatic rings. The fraction of sp³-hybridized carbons (Fsp3) is 0.300. The number of ether oxygens (including phenoxy) is 1. The second-order valence-corrected chi connectivity index (χ2v) is 7.04. The van der Waals surface area contributed by atoms with E-state index in [4.69, 9.17) is 16.3 Å². The van der Waals surface area contributed by atoms with Gasteiger partial charge in [-0.3, -0.25) is 4.98 Å². The highest BCUT2D eigenvalue weighted by Crippen LogP contribution is 2.24. The molecule has 1 atom stereocenters. The molecule has 27 heavy (non-hydrogen) atoms. The Kier molecular flexibility index (Phi) is 5.84. The summed E-state index contributed by atoms with van der Waals surface area (Å²) in [6, 6.07) is 9.76. The minimum Gasteiger partial charge on any atom is -0.471 e. The molecule has 0 aliphatic carbocycles. The van der Waals surface area contributed by atoms with Gasteiger partial charge in [-0.25, -0.2) is 9.97 Å². The minimum absolute atomic E-state index is 0.113. The van der Waals surface area contributed by atoms with E-state index in [0.717, 1.165) is 16.5 Å². The highest BCUT2D eigenvalue weighted by molar-refractivity contribution is 6.35. The maximum Gasteiger partial charge on any atom is 0.251 e. The third-order valence-electron chi connectivity index (χ3n) is 3.96. The lowest BCUT2D eigenvalue weighted by atomic mass is 10.1. The SMILES string of the molecule is CC(CN(C)C)Oc1nc(Cc2cc3cccc(Cl)c3cn2)cnc1C#N. The van der Waals surface area contributed by atoms with Crippen LogP contribution in [0.3, 0.4) is 0 Å². The van der Waals surface area contributed by atoms with Crippen LogP contribution in [0, 0.1) is 11.3 Å². The molecule has 6 nitrogen and oxygen atoms in total. The Hall–Kier alpha value is -2.75. The van der Waals surface area contributed by atoms with Crippen molar-refractivity contribution in [1.82, 2.24) is 19.9 Å². The van der Waals surface area contributed by atoms with E-state index >= 15 is 0 Å². The van der Waals surface area contributed by atoms with Crippen molar-refractivity contribution in [3.8, 4) is 11.9 Å². The van der Waals surface area contributed by atoms with E-state index in [-0.39, 0.29) is 17.7 Å². The van der Waals surface area contributed by atoms with Crippen LogP contribution in [0.2, 0.25) is 5.02 Å². The molecule has 1 aromatic carbocycles. The van der Waals surface area contributed by atoms with Gasteiger partial charge in [0.25, 0.3) is 5.88 Å². The smallest absolute Gasteiger partial charge is 0.251 e. The molecule has 0 amide bonds. The van der Waals surface area contributed by atoms with Crippen LogP contribution in [0.25, 0.3) is 10.8 Å². The normalized spacial score (nSPS) is 12.1. The van der Waals surface area contributed by atoms with Crippen molar-refractivity contribution in [2.24, 2.45) is 0 Å². The van der Waals surface area contributed by atoms with Crippen LogP contribution in [0.15, 0.2) is 36.7 Å². The second kappa shape index (κ2) is 8.30. The summed E-state index contributed by atoms with van der Waals surface area (Å²) in [7, 11) is 3.93. The summed E-state index contributed by atoms with van der Waals surface area (Å²) < 4.78 is 5.84. The number of fused-ring (bicyclic) bond motifs is 1. The van der Waals surface area contributed by atoms with E-state index in [0.29, 0.717) is 23.7 Å². The van der Waals surface area contributed by atoms with Crippen LogP contribution >= 0.6 is 11.6 Å². The largest absolute Gasteiger partial charge is 0.471 e. The fourth-order valence-electron chi connectivity index (χ4n) is 2.85. The zero-order valence-corrected chi connectivity index (χ0v) is 16.2. The van der Waals surface area contributed by atoms with Crippen LogP contribution in [-0.4, -0.2) is 46.6 Å². The van der Waals surface area contributed by atoms with Crippen molar-refractivity contribution >= 4 is 22.4 Å². The van der Waals surface area contributed by atoms with Gasteiger partial charge in [0, 0.05) is 35.3 Å². The Morgan fingerprint density at radius 1 is 1.22 bits per heavy atom. The average Bonchev–Trinajstić information content (AvgIpc) is 2.61. The molecular formula is C20H20ClN5O. The Morgan fingerprint density at radius 2 is 2.04 bits per heavy atom. The zero-order chi connectivity index (χ0) is 19.4. The summed E-state index contributed by atoms with van der Waals surface area (Å²) in [5, 5.41) is 11.9. The van der Waals surface area contributed by atoms with Crippen molar-refractivity contribution in [3.63, 3.8) is 0 Å². The van der Waals surface area contributed by atoms with E-state index in [1.807, 2.05) is 56.3 Å². The molecule has 0 spiro atoms. The lowest BCUT2D eigenvalue weighted by Crippen LogP contribution is -2.28. The molecule has 0 bridgehead atoms. The molecule has 0 aliphatic heterocycles. The van der Waals surface area contributed by atoms with Gasteiger partial charge >= 0.3 is 0 Å². The maximum absolute atomic E-state index is 9.27. The first kappa shape index (κ1) is 19.0. The first-order valence-corrected chi connectivity index (χ1v) is 8.94. The Bertz CT molecular complexity index is 999. The predicted octanol–water partition coefficient (Wildman–Crippen LogP) is 3.47. The van der Waals surface area contributed by atoms with E-state index in [1.165, 1.54) is 0 Å². The van der Waals surface area contributed by atoms with Gasteiger partial charge in [0.2, 0.25) is 5.69 Å². The molecule has 2 heterocycles. The van der Waals surface area contributed by atoms with Crippen molar-refractivity contribution in [1.29, 1.82) is 5.26 Å². The Labute approximate surface area is 163 Å². The molecule has 3 rings (SSSR count). The molecule has 0 N–H and O–H groups in total. The molecule has 0 radical (unpaired) electrons. The number of hydrogen-bond donors (Lipinski definition) is 0. The van der Waals surface area contributed by atoms with Gasteiger partial charge in [-0.05, 0) is 38.5 Å². The molecule has 0 aliphatic rings. The number of nitriles is 1. The van der Waals surface area contributed by atoms with Crippen molar-refractivity contribution < 1.29 is 4.74 Å². The molecule has 0 fully saturated rings. The summed E-state index contributed by atoms with van der Waals surface area (Å²) in [5.74, 6) is 0.258. The van der Waals surface area contributed by atoms with Gasteiger partial charge in [0.15, 0.2) is 0 Å². The van der Waals surface area contributed by atoms with Gasteiger partial charge in [-0.1, -0.05) is 23.7 Å². The summed E-state index contributed by atoms with van der Waals surface area (Å²) >= 11 is 6.20. The van der Waals surface area contributed by atoms with Crippen molar-refractivity contribution in [2.45, 2.75) is 19.4 Å². The summed E-state index contributed by atoms with van der Waals surface area (Å²) in [6.07, 6.45) is 3.73. The molecule has 0 saturated carbocycles. The van der Waals surface area contributed by atoms with Crippen LogP contribution < -0.4 is 4.74 Å². The highest BCUT2D eigenvalue weighted by atomic mass is 35.5. The lowest BCUT2D eigenvalue weighted by molar-refractivity contribution is 0.169. The summed E-state index contributed by atoms with van der Waals surface area (Å²) in [4.78, 5) is 15.2. The maximum atomic E-state index is 9.27. The minimum atomic E-state index is -0.113. The number of benzene rings is 1.